The molecule has 150 valence electrons. The second-order valence-corrected chi connectivity index (χ2v) is 8.28. The highest BCUT2D eigenvalue weighted by Gasteiger charge is 2.42. The minimum atomic E-state index is -0.950. The van der Waals surface area contributed by atoms with Crippen LogP contribution in [0.3, 0.4) is 0 Å². The fraction of sp³-hybridized carbons (Fsp3) is 0.440. The number of benzene rings is 2. The largest absolute Gasteiger partial charge is 0.497 e. The second kappa shape index (κ2) is 8.93. The lowest BCUT2D eigenvalue weighted by Crippen LogP contribution is -2.41. The van der Waals surface area contributed by atoms with Crippen molar-refractivity contribution in [3.05, 3.63) is 70.8 Å². The molecule has 0 aromatic heterocycles. The third kappa shape index (κ3) is 4.48. The van der Waals surface area contributed by atoms with Gasteiger partial charge in [0.15, 0.2) is 0 Å². The van der Waals surface area contributed by atoms with Gasteiger partial charge in [-0.25, -0.2) is 0 Å². The number of aliphatic hydroxyl groups is 1. The lowest BCUT2D eigenvalue weighted by molar-refractivity contribution is 0.000480. The molecule has 0 amide bonds. The van der Waals surface area contributed by atoms with Crippen LogP contribution in [0.25, 0.3) is 6.08 Å². The van der Waals surface area contributed by atoms with Crippen LogP contribution in [-0.4, -0.2) is 37.8 Å². The zero-order valence-electron chi connectivity index (χ0n) is 17.6. The molecule has 0 bridgehead atoms. The number of aryl methyl sites for hydroxylation is 1. The van der Waals surface area contributed by atoms with Gasteiger partial charge in [-0.05, 0) is 69.1 Å². The number of nitrogens with zero attached hydrogens (tertiary/aromatic N) is 1. The van der Waals surface area contributed by atoms with Gasteiger partial charge in [-0.1, -0.05) is 54.5 Å². The molecule has 2 aromatic rings. The smallest absolute Gasteiger partial charge is 0.118 e. The van der Waals surface area contributed by atoms with Crippen LogP contribution < -0.4 is 4.74 Å². The molecule has 0 saturated heterocycles. The summed E-state index contributed by atoms with van der Waals surface area (Å²) in [7, 11) is 5.86. The third-order valence-electron chi connectivity index (χ3n) is 5.86. The monoisotopic (exact) mass is 379 g/mol. The van der Waals surface area contributed by atoms with E-state index in [9.17, 15) is 5.11 Å². The van der Waals surface area contributed by atoms with Gasteiger partial charge in [0.1, 0.15) is 11.4 Å². The predicted molar refractivity (Wildman–Crippen MR) is 117 cm³/mol. The van der Waals surface area contributed by atoms with E-state index in [0.717, 1.165) is 54.7 Å². The molecular weight excluding hydrogens is 346 g/mol. The van der Waals surface area contributed by atoms with E-state index in [1.165, 1.54) is 5.56 Å². The average molecular weight is 380 g/mol. The summed E-state index contributed by atoms with van der Waals surface area (Å²) in [5.74, 6) is 1.01. The Morgan fingerprint density at radius 3 is 2.36 bits per heavy atom. The highest BCUT2D eigenvalue weighted by molar-refractivity contribution is 5.58. The summed E-state index contributed by atoms with van der Waals surface area (Å²) in [6.07, 6.45) is 6.39. The quantitative estimate of drug-likeness (QED) is 0.740. The molecule has 28 heavy (non-hydrogen) atoms. The Balaban J connectivity index is 2.09. The van der Waals surface area contributed by atoms with E-state index in [0.29, 0.717) is 0 Å². The highest BCUT2D eigenvalue weighted by atomic mass is 16.5. The Morgan fingerprint density at radius 1 is 1.07 bits per heavy atom. The molecule has 1 aliphatic rings. The Labute approximate surface area is 169 Å². The van der Waals surface area contributed by atoms with Crippen LogP contribution in [0, 0.1) is 12.8 Å². The number of hydrogen-bond donors (Lipinski definition) is 1. The van der Waals surface area contributed by atoms with E-state index in [4.69, 9.17) is 4.74 Å². The van der Waals surface area contributed by atoms with Crippen LogP contribution in [0.15, 0.2) is 54.1 Å². The Kier molecular flexibility index (Phi) is 6.58. The van der Waals surface area contributed by atoms with Gasteiger partial charge < -0.3 is 14.7 Å². The molecule has 3 heteroatoms. The molecule has 3 rings (SSSR count). The second-order valence-electron chi connectivity index (χ2n) is 8.28. The van der Waals surface area contributed by atoms with Gasteiger partial charge in [0, 0.05) is 12.5 Å². The van der Waals surface area contributed by atoms with Crippen molar-refractivity contribution in [3.8, 4) is 5.75 Å². The molecule has 1 saturated carbocycles. The van der Waals surface area contributed by atoms with Crippen LogP contribution in [0.2, 0.25) is 0 Å². The summed E-state index contributed by atoms with van der Waals surface area (Å²) in [4.78, 5) is 2.19. The van der Waals surface area contributed by atoms with Crippen LogP contribution in [0.1, 0.15) is 42.4 Å². The van der Waals surface area contributed by atoms with Gasteiger partial charge in [-0.2, -0.15) is 0 Å². The number of rotatable bonds is 5. The molecule has 0 heterocycles. The summed E-state index contributed by atoms with van der Waals surface area (Å²) in [5.41, 5.74) is 3.49. The lowest BCUT2D eigenvalue weighted by atomic mass is 9.74. The molecular formula is C25H33NO2. The van der Waals surface area contributed by atoms with Gasteiger partial charge in [-0.3, -0.25) is 0 Å². The molecule has 1 fully saturated rings. The average Bonchev–Trinajstić information content (AvgIpc) is 2.83. The third-order valence-corrected chi connectivity index (χ3v) is 5.86. The maximum Gasteiger partial charge on any atom is 0.118 e. The summed E-state index contributed by atoms with van der Waals surface area (Å²) < 4.78 is 5.29. The fourth-order valence-corrected chi connectivity index (χ4v) is 4.34. The Morgan fingerprint density at radius 2 is 1.75 bits per heavy atom. The molecule has 0 radical (unpaired) electrons. The van der Waals surface area contributed by atoms with E-state index >= 15 is 0 Å². The van der Waals surface area contributed by atoms with Crippen molar-refractivity contribution in [1.29, 1.82) is 0 Å². The SMILES string of the molecule is COc1ccc(/C=C2\CCCCC(CN(C)C)C2(O)c2ccc(C)cc2)cc1. The zero-order valence-corrected chi connectivity index (χ0v) is 17.6. The molecule has 0 spiro atoms. The van der Waals surface area contributed by atoms with Crippen LogP contribution in [0.4, 0.5) is 0 Å². The number of hydrogen-bond acceptors (Lipinski definition) is 3. The van der Waals surface area contributed by atoms with E-state index in [1.807, 2.05) is 12.1 Å². The van der Waals surface area contributed by atoms with Crippen LogP contribution >= 0.6 is 0 Å². The number of ether oxygens (including phenoxy) is 1. The van der Waals surface area contributed by atoms with E-state index < -0.39 is 5.60 Å². The van der Waals surface area contributed by atoms with Gasteiger partial charge in [0.05, 0.1) is 7.11 Å². The minimum Gasteiger partial charge on any atom is -0.497 e. The topological polar surface area (TPSA) is 32.7 Å². The van der Waals surface area contributed by atoms with Crippen molar-refractivity contribution in [2.24, 2.45) is 5.92 Å². The van der Waals surface area contributed by atoms with Crippen molar-refractivity contribution in [2.45, 2.75) is 38.2 Å². The summed E-state index contributed by atoms with van der Waals surface area (Å²) in [6.45, 7) is 2.96. The van der Waals surface area contributed by atoms with Gasteiger partial charge >= 0.3 is 0 Å². The summed E-state index contributed by atoms with van der Waals surface area (Å²) >= 11 is 0. The van der Waals surface area contributed by atoms with Crippen LogP contribution in [-0.2, 0) is 5.60 Å². The molecule has 2 atom stereocenters. The lowest BCUT2D eigenvalue weighted by Gasteiger charge is -2.39. The van der Waals surface area contributed by atoms with Gasteiger partial charge in [-0.15, -0.1) is 0 Å². The van der Waals surface area contributed by atoms with Gasteiger partial charge in [0.25, 0.3) is 0 Å². The minimum absolute atomic E-state index is 0.164. The molecule has 1 aliphatic carbocycles. The zero-order chi connectivity index (χ0) is 20.1. The van der Waals surface area contributed by atoms with Crippen LogP contribution in [0.5, 0.6) is 5.75 Å². The highest BCUT2D eigenvalue weighted by Crippen LogP contribution is 2.45. The fourth-order valence-electron chi connectivity index (χ4n) is 4.34. The normalized spacial score (nSPS) is 24.4. The molecule has 3 nitrogen and oxygen atoms in total. The molecule has 0 aliphatic heterocycles. The Bertz CT molecular complexity index is 792. The van der Waals surface area contributed by atoms with Crippen molar-refractivity contribution >= 4 is 6.08 Å². The maximum atomic E-state index is 12.2. The van der Waals surface area contributed by atoms with E-state index in [1.54, 1.807) is 7.11 Å². The maximum absolute atomic E-state index is 12.2. The van der Waals surface area contributed by atoms with Gasteiger partial charge in [0.2, 0.25) is 0 Å². The first-order chi connectivity index (χ1) is 13.4. The first-order valence-corrected chi connectivity index (χ1v) is 10.2. The van der Waals surface area contributed by atoms with Crippen molar-refractivity contribution in [1.82, 2.24) is 4.90 Å². The number of methoxy groups -OCH3 is 1. The van der Waals surface area contributed by atoms with Crippen molar-refractivity contribution in [3.63, 3.8) is 0 Å². The summed E-state index contributed by atoms with van der Waals surface area (Å²) in [6, 6.07) is 16.5. The molecule has 2 unspecified atom stereocenters. The molecule has 1 N–H and O–H groups in total. The van der Waals surface area contributed by atoms with E-state index in [-0.39, 0.29) is 5.92 Å². The van der Waals surface area contributed by atoms with Crippen molar-refractivity contribution < 1.29 is 9.84 Å². The summed E-state index contributed by atoms with van der Waals surface area (Å²) in [5, 5.41) is 12.2. The Hall–Kier alpha value is -2.10. The molecule has 2 aromatic carbocycles. The van der Waals surface area contributed by atoms with Crippen molar-refractivity contribution in [2.75, 3.05) is 27.7 Å². The first kappa shape index (κ1) is 20.6. The first-order valence-electron chi connectivity index (χ1n) is 10.2. The standard InChI is InChI=1S/C25H33NO2/c1-19-9-13-21(14-10-19)25(27)22(7-5-6-8-23(25)18-26(2)3)17-20-11-15-24(28-4)16-12-20/h9-17,23,27H,5-8,18H2,1-4H3/b22-17+. The van der Waals surface area contributed by atoms with E-state index in [2.05, 4.69) is 68.4 Å². The predicted octanol–water partition coefficient (Wildman–Crippen LogP) is 5.03.